The van der Waals surface area contributed by atoms with E-state index in [1.165, 1.54) is 0 Å². The lowest BCUT2D eigenvalue weighted by Crippen LogP contribution is -3.00. The van der Waals surface area contributed by atoms with Crippen LogP contribution in [0.15, 0.2) is 24.3 Å². The van der Waals surface area contributed by atoms with Crippen LogP contribution >= 0.6 is 0 Å². The summed E-state index contributed by atoms with van der Waals surface area (Å²) in [5.41, 5.74) is 2.59. The van der Waals surface area contributed by atoms with Crippen molar-refractivity contribution in [3.05, 3.63) is 35.5 Å². The molecule has 0 unspecified atom stereocenters. The number of hydrazine groups is 1. The summed E-state index contributed by atoms with van der Waals surface area (Å²) in [6.07, 6.45) is 0.501. The van der Waals surface area contributed by atoms with Crippen molar-refractivity contribution in [1.82, 2.24) is 14.9 Å². The van der Waals surface area contributed by atoms with Gasteiger partial charge in [-0.05, 0) is 25.5 Å². The number of nitrogens with zero attached hydrogens (tertiary/aromatic N) is 2. The Morgan fingerprint density at radius 1 is 1.26 bits per heavy atom. The molecule has 1 atom stereocenters. The van der Waals surface area contributed by atoms with Crippen molar-refractivity contribution < 1.29 is 22.0 Å². The molecular formula is C16H18ClN4O2-. The lowest BCUT2D eigenvalue weighted by molar-refractivity contribution is -0.164. The second kappa shape index (κ2) is 4.97. The first-order valence-electron chi connectivity index (χ1n) is 7.39. The smallest absolute Gasteiger partial charge is 0.260 e. The maximum absolute atomic E-state index is 12.5. The monoisotopic (exact) mass is 333 g/mol. The minimum absolute atomic E-state index is 0. The SMILES string of the molecule is CC1(C)c2[nH]c3ccccc3c2C[C@H]2C(=O)N(N)CC(=O)N21.[Cl-]. The van der Waals surface area contributed by atoms with Crippen molar-refractivity contribution in [3.8, 4) is 0 Å². The number of H-pyrrole nitrogens is 1. The zero-order valence-corrected chi connectivity index (χ0v) is 13.7. The van der Waals surface area contributed by atoms with E-state index in [0.717, 1.165) is 27.2 Å². The van der Waals surface area contributed by atoms with Crippen molar-refractivity contribution >= 4 is 22.7 Å². The number of aromatic nitrogens is 1. The number of fused-ring (bicyclic) bond motifs is 4. The molecule has 7 heteroatoms. The minimum atomic E-state index is -0.564. The number of benzene rings is 1. The van der Waals surface area contributed by atoms with Gasteiger partial charge in [-0.15, -0.1) is 0 Å². The van der Waals surface area contributed by atoms with E-state index in [1.807, 2.05) is 38.1 Å². The van der Waals surface area contributed by atoms with Gasteiger partial charge in [-0.25, -0.2) is 5.84 Å². The Labute approximate surface area is 140 Å². The number of carbonyl (C=O) groups is 2. The summed E-state index contributed by atoms with van der Waals surface area (Å²) in [5, 5.41) is 2.15. The highest BCUT2D eigenvalue weighted by molar-refractivity contribution is 5.97. The fourth-order valence-electron chi connectivity index (χ4n) is 3.90. The molecule has 0 saturated carbocycles. The average Bonchev–Trinajstić information content (AvgIpc) is 2.84. The third-order valence-electron chi connectivity index (χ3n) is 4.88. The van der Waals surface area contributed by atoms with Crippen LogP contribution in [0.4, 0.5) is 0 Å². The summed E-state index contributed by atoms with van der Waals surface area (Å²) in [6.45, 7) is 3.89. The maximum Gasteiger partial charge on any atom is 0.260 e. The molecule has 0 spiro atoms. The molecule has 3 heterocycles. The number of aromatic amines is 1. The molecule has 1 saturated heterocycles. The number of nitrogens with two attached hydrogens (primary N) is 1. The van der Waals surface area contributed by atoms with Gasteiger partial charge in [0, 0.05) is 23.0 Å². The molecule has 23 heavy (non-hydrogen) atoms. The first-order chi connectivity index (χ1) is 10.4. The predicted molar refractivity (Wildman–Crippen MR) is 81.6 cm³/mol. The molecule has 1 aromatic carbocycles. The highest BCUT2D eigenvalue weighted by Crippen LogP contribution is 2.42. The Bertz CT molecular complexity index is 814. The Balaban J connectivity index is 0.00000156. The molecule has 6 nitrogen and oxygen atoms in total. The Morgan fingerprint density at radius 2 is 1.96 bits per heavy atom. The van der Waals surface area contributed by atoms with Crippen LogP contribution < -0.4 is 18.2 Å². The molecule has 2 aliphatic rings. The second-order valence-electron chi connectivity index (χ2n) is 6.53. The molecule has 0 aliphatic carbocycles. The highest BCUT2D eigenvalue weighted by Gasteiger charge is 2.50. The van der Waals surface area contributed by atoms with Crippen LogP contribution in [0.5, 0.6) is 0 Å². The van der Waals surface area contributed by atoms with Crippen molar-refractivity contribution in [2.45, 2.75) is 31.8 Å². The van der Waals surface area contributed by atoms with E-state index in [-0.39, 0.29) is 30.8 Å². The van der Waals surface area contributed by atoms with Gasteiger partial charge in [-0.2, -0.15) is 0 Å². The number of hydrogen-bond acceptors (Lipinski definition) is 3. The van der Waals surface area contributed by atoms with Gasteiger partial charge in [0.1, 0.15) is 12.6 Å². The molecule has 1 aromatic heterocycles. The summed E-state index contributed by atoms with van der Waals surface area (Å²) >= 11 is 0. The van der Waals surface area contributed by atoms with E-state index in [4.69, 9.17) is 5.84 Å². The quantitative estimate of drug-likeness (QED) is 0.427. The van der Waals surface area contributed by atoms with Crippen LogP contribution in [-0.4, -0.2) is 39.3 Å². The molecule has 0 radical (unpaired) electrons. The van der Waals surface area contributed by atoms with Crippen LogP contribution in [0.25, 0.3) is 10.9 Å². The Hall–Kier alpha value is -2.05. The second-order valence-corrected chi connectivity index (χ2v) is 6.53. The number of halogens is 1. The summed E-state index contributed by atoms with van der Waals surface area (Å²) in [7, 11) is 0. The molecule has 2 amide bonds. The number of para-hydroxylation sites is 1. The summed E-state index contributed by atoms with van der Waals surface area (Å²) in [4.78, 5) is 30.0. The number of nitrogens with one attached hydrogen (secondary N) is 1. The molecular weight excluding hydrogens is 316 g/mol. The van der Waals surface area contributed by atoms with Gasteiger partial charge >= 0.3 is 0 Å². The topological polar surface area (TPSA) is 82.4 Å². The number of piperazine rings is 1. The zero-order valence-electron chi connectivity index (χ0n) is 13.0. The Kier molecular flexibility index (Phi) is 3.42. The van der Waals surface area contributed by atoms with E-state index in [0.29, 0.717) is 6.42 Å². The highest BCUT2D eigenvalue weighted by atomic mass is 35.5. The van der Waals surface area contributed by atoms with Crippen molar-refractivity contribution in [3.63, 3.8) is 0 Å². The lowest BCUT2D eigenvalue weighted by atomic mass is 9.82. The predicted octanol–water partition coefficient (Wildman–Crippen LogP) is -2.12. The van der Waals surface area contributed by atoms with E-state index in [9.17, 15) is 9.59 Å². The van der Waals surface area contributed by atoms with Crippen molar-refractivity contribution in [1.29, 1.82) is 0 Å². The van der Waals surface area contributed by atoms with Crippen LogP contribution in [-0.2, 0) is 21.5 Å². The largest absolute Gasteiger partial charge is 1.00 e. The van der Waals surface area contributed by atoms with Crippen LogP contribution in [0.2, 0.25) is 0 Å². The van der Waals surface area contributed by atoms with Gasteiger partial charge in [-0.3, -0.25) is 14.6 Å². The summed E-state index contributed by atoms with van der Waals surface area (Å²) in [5.74, 6) is 5.40. The standard InChI is InChI=1S/C16H18N4O2.ClH/c1-16(2)14-10(9-5-3-4-6-11(9)18-14)7-12-15(22)19(17)8-13(21)20(12)16;/h3-6,12,18H,7-8,17H2,1-2H3;1H/p-1/t12-;/m0./s1. The molecule has 122 valence electrons. The van der Waals surface area contributed by atoms with Crippen molar-refractivity contribution in [2.75, 3.05) is 6.54 Å². The number of amides is 2. The minimum Gasteiger partial charge on any atom is -1.00 e. The number of hydrogen-bond donors (Lipinski definition) is 2. The third-order valence-corrected chi connectivity index (χ3v) is 4.88. The van der Waals surface area contributed by atoms with Gasteiger partial charge in [0.05, 0.1) is 5.54 Å². The molecule has 3 N–H and O–H groups in total. The fourth-order valence-corrected chi connectivity index (χ4v) is 3.90. The molecule has 2 aromatic rings. The van der Waals surface area contributed by atoms with E-state index >= 15 is 0 Å². The number of rotatable bonds is 0. The van der Waals surface area contributed by atoms with E-state index in [2.05, 4.69) is 4.98 Å². The van der Waals surface area contributed by atoms with Crippen molar-refractivity contribution in [2.24, 2.45) is 5.84 Å². The first-order valence-corrected chi connectivity index (χ1v) is 7.39. The average molecular weight is 334 g/mol. The van der Waals surface area contributed by atoms with Crippen LogP contribution in [0.3, 0.4) is 0 Å². The van der Waals surface area contributed by atoms with E-state index < -0.39 is 11.6 Å². The fraction of sp³-hybridized carbons (Fsp3) is 0.375. The summed E-state index contributed by atoms with van der Waals surface area (Å²) < 4.78 is 0. The molecule has 4 rings (SSSR count). The zero-order chi connectivity index (χ0) is 15.6. The van der Waals surface area contributed by atoms with Gasteiger partial charge in [-0.1, -0.05) is 18.2 Å². The van der Waals surface area contributed by atoms with Gasteiger partial charge in [0.15, 0.2) is 0 Å². The third kappa shape index (κ3) is 1.98. The molecule has 1 fully saturated rings. The maximum atomic E-state index is 12.5. The van der Waals surface area contributed by atoms with Gasteiger partial charge < -0.3 is 22.3 Å². The summed E-state index contributed by atoms with van der Waals surface area (Å²) in [6, 6.07) is 7.50. The Morgan fingerprint density at radius 3 is 2.70 bits per heavy atom. The van der Waals surface area contributed by atoms with Crippen LogP contribution in [0, 0.1) is 0 Å². The van der Waals surface area contributed by atoms with Crippen LogP contribution in [0.1, 0.15) is 25.1 Å². The van der Waals surface area contributed by atoms with Gasteiger partial charge in [0.25, 0.3) is 5.91 Å². The van der Waals surface area contributed by atoms with Gasteiger partial charge in [0.2, 0.25) is 5.91 Å². The molecule has 2 aliphatic heterocycles. The van der Waals surface area contributed by atoms with E-state index in [1.54, 1.807) is 4.90 Å². The normalized spacial score (nSPS) is 22.7. The first kappa shape index (κ1) is 15.8. The number of carbonyl (C=O) groups excluding carboxylic acids is 2. The molecule has 0 bridgehead atoms. The lowest BCUT2D eigenvalue weighted by Gasteiger charge is -2.50.